The fourth-order valence-electron chi connectivity index (χ4n) is 8.70. The number of hydrogen-bond donors (Lipinski definition) is 0. The molecule has 332 valence electrons. The number of halogens is 2. The van der Waals surface area contributed by atoms with Crippen molar-refractivity contribution >= 4 is 3.21 Å². The molecule has 0 heterocycles. The molecule has 0 aliphatic heterocycles. The maximum absolute atomic E-state index is 4.03. The van der Waals surface area contributed by atoms with Crippen LogP contribution in [-0.4, -0.2) is 3.21 Å². The Morgan fingerprint density at radius 2 is 0.984 bits per heavy atom. The summed E-state index contributed by atoms with van der Waals surface area (Å²) in [5, 5.41) is 0. The van der Waals surface area contributed by atoms with Gasteiger partial charge in [0, 0.05) is 0 Å². The number of hydrogen-bond acceptors (Lipinski definition) is 0. The van der Waals surface area contributed by atoms with Crippen LogP contribution < -0.4 is 24.8 Å². The predicted octanol–water partition coefficient (Wildman–Crippen LogP) is 9.99. The van der Waals surface area contributed by atoms with Gasteiger partial charge in [0.1, 0.15) is 0 Å². The molecule has 0 atom stereocenters. The molecule has 1 aliphatic rings. The van der Waals surface area contributed by atoms with E-state index in [9.17, 15) is 0 Å². The molecule has 0 saturated heterocycles. The van der Waals surface area contributed by atoms with Crippen LogP contribution in [0.1, 0.15) is 114 Å². The van der Waals surface area contributed by atoms with Gasteiger partial charge in [0.25, 0.3) is 0 Å². The molecule has 0 unspecified atom stereocenters. The zero-order valence-corrected chi connectivity index (χ0v) is 43.9. The van der Waals surface area contributed by atoms with E-state index < -0.39 is 0 Å². The molecular formula is C61H68Cl2Zr-2. The second kappa shape index (κ2) is 24.0. The molecular weight excluding hydrogens is 895 g/mol. The molecule has 0 nitrogen and oxygen atoms in total. The average Bonchev–Trinajstić information content (AvgIpc) is 3.92. The van der Waals surface area contributed by atoms with E-state index >= 15 is 0 Å². The van der Waals surface area contributed by atoms with Crippen molar-refractivity contribution in [1.29, 1.82) is 0 Å². The van der Waals surface area contributed by atoms with E-state index in [4.69, 9.17) is 0 Å². The van der Waals surface area contributed by atoms with Gasteiger partial charge < -0.3 is 24.8 Å². The van der Waals surface area contributed by atoms with Crippen LogP contribution >= 0.6 is 0 Å². The average molecular weight is 963 g/mol. The van der Waals surface area contributed by atoms with Gasteiger partial charge in [0.15, 0.2) is 0 Å². The molecule has 0 spiro atoms. The zero-order chi connectivity index (χ0) is 44.4. The quantitative estimate of drug-likeness (QED) is 0.120. The molecule has 7 aromatic carbocycles. The molecule has 8 rings (SSSR count). The van der Waals surface area contributed by atoms with Crippen LogP contribution in [0.15, 0.2) is 158 Å². The SMILES string of the molecule is CC(C)Cc1ccccc1-c1[c-]c2c(cc1C(C)(C)C)-c1cc(C(C)(C)C)c(-c3ccccc3CC(C)C)cc1C2.[Cl-].[Cl-].[Zr+2]=[C](Cc1ccccc1)Cc1ccccc1.c1cc[cH-]c1. The van der Waals surface area contributed by atoms with Crippen LogP contribution in [0.3, 0.4) is 0 Å². The van der Waals surface area contributed by atoms with Crippen LogP contribution in [-0.2, 0) is 67.2 Å². The summed E-state index contributed by atoms with van der Waals surface area (Å²) in [7, 11) is 0. The van der Waals surface area contributed by atoms with Crippen LogP contribution in [0.5, 0.6) is 0 Å². The Bertz CT molecular complexity index is 2330. The van der Waals surface area contributed by atoms with Gasteiger partial charge in [-0.2, -0.15) is 18.2 Å². The van der Waals surface area contributed by atoms with Crippen LogP contribution in [0.2, 0.25) is 0 Å². The predicted molar refractivity (Wildman–Crippen MR) is 266 cm³/mol. The van der Waals surface area contributed by atoms with Crippen molar-refractivity contribution in [3.8, 4) is 33.4 Å². The van der Waals surface area contributed by atoms with E-state index in [1.54, 1.807) is 27.4 Å². The number of fused-ring (bicyclic) bond motifs is 3. The second-order valence-electron chi connectivity index (χ2n) is 20.1. The largest absolute Gasteiger partial charge is 0.214 e. The van der Waals surface area contributed by atoms with Crippen molar-refractivity contribution in [2.24, 2.45) is 11.8 Å². The third-order valence-corrected chi connectivity index (χ3v) is 12.5. The summed E-state index contributed by atoms with van der Waals surface area (Å²) < 4.78 is 1.60. The first kappa shape index (κ1) is 52.6. The Kier molecular flexibility index (Phi) is 19.7. The summed E-state index contributed by atoms with van der Waals surface area (Å²) in [5.41, 5.74) is 19.6. The first-order valence-electron chi connectivity index (χ1n) is 22.8. The molecule has 3 heteroatoms. The Balaban J connectivity index is 0.000000321. The van der Waals surface area contributed by atoms with Crippen molar-refractivity contribution in [2.45, 2.75) is 112 Å². The standard InChI is InChI=1S/C41H49.C15H14.C5H5.2ClH.Zr/c1-26(2)19-28-15-11-13-17-32(28)36-22-30-21-31-23-37(33-18-14-12-16-29(33)20-27(3)4)39(41(8,9)10)25-35(31)34(30)24-38(36)40(5,6)7;1-3-8-14(9-4-1)12-7-13-15-10-5-2-6-11-15;1-2-4-5-3-1;;;/h11-18,22,24-27H,19-21H2,1-10H3;1-6,8-11H,12-13H2;1-5H;2*1H;/q-1;;-1;;;+2/p-2. The van der Waals surface area contributed by atoms with E-state index in [0.29, 0.717) is 11.8 Å². The zero-order valence-electron chi connectivity index (χ0n) is 40.0. The molecule has 7 aromatic rings. The Morgan fingerprint density at radius 1 is 0.531 bits per heavy atom. The van der Waals surface area contributed by atoms with Gasteiger partial charge in [0.05, 0.1) is 0 Å². The summed E-state index contributed by atoms with van der Waals surface area (Å²) in [6, 6.07) is 61.1. The van der Waals surface area contributed by atoms with Crippen LogP contribution in [0.4, 0.5) is 0 Å². The van der Waals surface area contributed by atoms with E-state index in [-0.39, 0.29) is 35.6 Å². The van der Waals surface area contributed by atoms with Gasteiger partial charge >= 0.3 is 112 Å². The van der Waals surface area contributed by atoms with Crippen molar-refractivity contribution < 1.29 is 49.0 Å². The summed E-state index contributed by atoms with van der Waals surface area (Å²) >= 11 is 1.55. The van der Waals surface area contributed by atoms with E-state index in [1.165, 1.54) is 77.9 Å². The molecule has 0 radical (unpaired) electrons. The summed E-state index contributed by atoms with van der Waals surface area (Å²) in [6.07, 6.45) is 5.36. The maximum Gasteiger partial charge on any atom is -0.172 e. The third-order valence-electron chi connectivity index (χ3n) is 11.6. The van der Waals surface area contributed by atoms with Crippen molar-refractivity contribution in [3.63, 3.8) is 0 Å². The fraction of sp³-hybridized carbons (Fsp3) is 0.311. The summed E-state index contributed by atoms with van der Waals surface area (Å²) in [5.74, 6) is 1.23. The minimum Gasteiger partial charge on any atom is -0.214 e. The molecule has 0 bridgehead atoms. The molecule has 0 N–H and O–H groups in total. The van der Waals surface area contributed by atoms with E-state index in [2.05, 4.69) is 203 Å². The van der Waals surface area contributed by atoms with Crippen molar-refractivity contribution in [2.75, 3.05) is 0 Å². The molecule has 64 heavy (non-hydrogen) atoms. The molecule has 0 amide bonds. The second-order valence-corrected chi connectivity index (χ2v) is 21.8. The van der Waals surface area contributed by atoms with E-state index in [0.717, 1.165) is 32.1 Å². The van der Waals surface area contributed by atoms with Crippen LogP contribution in [0.25, 0.3) is 33.4 Å². The Morgan fingerprint density at radius 3 is 1.45 bits per heavy atom. The van der Waals surface area contributed by atoms with Gasteiger partial charge in [-0.25, -0.2) is 12.1 Å². The number of rotatable bonds is 10. The van der Waals surface area contributed by atoms with Crippen LogP contribution in [0, 0.1) is 17.9 Å². The van der Waals surface area contributed by atoms with Crippen molar-refractivity contribution in [1.82, 2.24) is 0 Å². The van der Waals surface area contributed by atoms with E-state index in [1.807, 2.05) is 30.3 Å². The molecule has 1 aliphatic carbocycles. The fourth-order valence-corrected chi connectivity index (χ4v) is 9.70. The maximum atomic E-state index is 4.03. The van der Waals surface area contributed by atoms with Gasteiger partial charge in [-0.3, -0.25) is 0 Å². The first-order valence-corrected chi connectivity index (χ1v) is 24.1. The van der Waals surface area contributed by atoms with Crippen molar-refractivity contribution in [3.05, 3.63) is 208 Å². The van der Waals surface area contributed by atoms with Gasteiger partial charge in [-0.1, -0.05) is 152 Å². The van der Waals surface area contributed by atoms with Gasteiger partial charge in [0.2, 0.25) is 0 Å². The smallest absolute Gasteiger partial charge is 0.172 e. The molecule has 0 aromatic heterocycles. The monoisotopic (exact) mass is 960 g/mol. The molecule has 0 saturated carbocycles. The topological polar surface area (TPSA) is 0 Å². The van der Waals surface area contributed by atoms with Gasteiger partial charge in [-0.15, -0.1) is 28.8 Å². The third kappa shape index (κ3) is 14.3. The minimum atomic E-state index is 0. The summed E-state index contributed by atoms with van der Waals surface area (Å²) in [6.45, 7) is 23.4. The summed E-state index contributed by atoms with van der Waals surface area (Å²) in [4.78, 5) is 0. The Labute approximate surface area is 414 Å². The normalized spacial score (nSPS) is 11.6. The first-order chi connectivity index (χ1) is 29.6. The minimum absolute atomic E-state index is 0. The Hall–Kier alpha value is -4.00. The number of benzene rings is 6. The van der Waals surface area contributed by atoms with Gasteiger partial charge in [-0.05, 0) is 69.7 Å². The molecule has 0 fully saturated rings.